The van der Waals surface area contributed by atoms with Gasteiger partial charge in [0.2, 0.25) is 0 Å². The maximum atomic E-state index is 6.19. The van der Waals surface area contributed by atoms with Crippen molar-refractivity contribution in [2.24, 2.45) is 11.7 Å². The Kier molecular flexibility index (Phi) is 3.79. The van der Waals surface area contributed by atoms with Gasteiger partial charge >= 0.3 is 0 Å². The van der Waals surface area contributed by atoms with Crippen molar-refractivity contribution in [2.45, 2.75) is 51.4 Å². The highest BCUT2D eigenvalue weighted by molar-refractivity contribution is 5.01. The molecule has 1 fully saturated rings. The van der Waals surface area contributed by atoms with Crippen molar-refractivity contribution in [1.82, 2.24) is 19.7 Å². The topological polar surface area (TPSA) is 69.2 Å². The third-order valence-electron chi connectivity index (χ3n) is 4.91. The van der Waals surface area contributed by atoms with Crippen LogP contribution in [0.2, 0.25) is 0 Å². The van der Waals surface area contributed by atoms with Crippen molar-refractivity contribution in [3.05, 3.63) is 12.2 Å². The fourth-order valence-electron chi connectivity index (χ4n) is 3.44. The van der Waals surface area contributed by atoms with Gasteiger partial charge in [0.15, 0.2) is 0 Å². The largest absolute Gasteiger partial charge is 0.378 e. The van der Waals surface area contributed by atoms with E-state index in [0.29, 0.717) is 18.6 Å². The van der Waals surface area contributed by atoms with E-state index in [1.807, 2.05) is 6.33 Å². The van der Waals surface area contributed by atoms with Crippen LogP contribution >= 0.6 is 0 Å². The molecule has 2 N–H and O–H groups in total. The zero-order chi connectivity index (χ0) is 14.2. The lowest BCUT2D eigenvalue weighted by atomic mass is 9.81. The molecule has 20 heavy (non-hydrogen) atoms. The second-order valence-corrected chi connectivity index (χ2v) is 6.40. The Bertz CT molecular complexity index is 460. The van der Waals surface area contributed by atoms with Crippen LogP contribution in [-0.2, 0) is 17.8 Å². The molecule has 1 saturated heterocycles. The zero-order valence-electron chi connectivity index (χ0n) is 12.5. The summed E-state index contributed by atoms with van der Waals surface area (Å²) in [6.07, 6.45) is 4.17. The van der Waals surface area contributed by atoms with Gasteiger partial charge in [0, 0.05) is 31.8 Å². The van der Waals surface area contributed by atoms with Crippen LogP contribution in [0.4, 0.5) is 0 Å². The molecule has 0 spiro atoms. The molecule has 112 valence electrons. The predicted octanol–water partition coefficient (Wildman–Crippen LogP) is 0.626. The molecule has 2 unspecified atom stereocenters. The molecular weight excluding hydrogens is 254 g/mol. The lowest BCUT2D eigenvalue weighted by Gasteiger charge is -2.49. The van der Waals surface area contributed by atoms with Crippen molar-refractivity contribution in [2.75, 3.05) is 19.7 Å². The van der Waals surface area contributed by atoms with Crippen molar-refractivity contribution in [3.8, 4) is 0 Å². The van der Waals surface area contributed by atoms with E-state index in [2.05, 4.69) is 33.5 Å². The molecule has 2 aliphatic heterocycles. The molecule has 3 rings (SSSR count). The Morgan fingerprint density at radius 1 is 1.50 bits per heavy atom. The van der Waals surface area contributed by atoms with Crippen LogP contribution in [-0.4, -0.2) is 51.0 Å². The SMILES string of the molecule is CC(C)C1CC(CN)(N2CCn3cnnc3C2)CCO1. The summed E-state index contributed by atoms with van der Waals surface area (Å²) in [5.41, 5.74) is 6.25. The van der Waals surface area contributed by atoms with E-state index in [4.69, 9.17) is 10.5 Å². The van der Waals surface area contributed by atoms with E-state index >= 15 is 0 Å². The Labute approximate surface area is 120 Å². The summed E-state index contributed by atoms with van der Waals surface area (Å²) in [5.74, 6) is 1.59. The van der Waals surface area contributed by atoms with Gasteiger partial charge in [-0.25, -0.2) is 0 Å². The third-order valence-corrected chi connectivity index (χ3v) is 4.91. The van der Waals surface area contributed by atoms with Gasteiger partial charge in [-0.05, 0) is 18.8 Å². The minimum Gasteiger partial charge on any atom is -0.378 e. The minimum absolute atomic E-state index is 0.0599. The van der Waals surface area contributed by atoms with Crippen LogP contribution in [0, 0.1) is 5.92 Å². The van der Waals surface area contributed by atoms with Gasteiger partial charge in [-0.3, -0.25) is 4.90 Å². The molecule has 0 aromatic carbocycles. The zero-order valence-corrected chi connectivity index (χ0v) is 12.5. The number of aromatic nitrogens is 3. The number of ether oxygens (including phenoxy) is 1. The molecule has 6 heteroatoms. The van der Waals surface area contributed by atoms with Gasteiger partial charge in [0.25, 0.3) is 0 Å². The van der Waals surface area contributed by atoms with Gasteiger partial charge < -0.3 is 15.0 Å². The van der Waals surface area contributed by atoms with E-state index in [1.54, 1.807) is 0 Å². The first-order valence-electron chi connectivity index (χ1n) is 7.58. The first kappa shape index (κ1) is 14.0. The van der Waals surface area contributed by atoms with Gasteiger partial charge in [0.05, 0.1) is 12.6 Å². The Morgan fingerprint density at radius 3 is 3.10 bits per heavy atom. The molecule has 0 bridgehead atoms. The summed E-state index contributed by atoms with van der Waals surface area (Å²) in [6.45, 7) is 8.78. The predicted molar refractivity (Wildman–Crippen MR) is 76.0 cm³/mol. The monoisotopic (exact) mass is 279 g/mol. The molecular formula is C14H25N5O. The second-order valence-electron chi connectivity index (χ2n) is 6.40. The number of hydrogen-bond donors (Lipinski definition) is 1. The maximum Gasteiger partial charge on any atom is 0.147 e. The summed E-state index contributed by atoms with van der Waals surface area (Å²) in [7, 11) is 0. The van der Waals surface area contributed by atoms with Crippen molar-refractivity contribution in [3.63, 3.8) is 0 Å². The number of hydrogen-bond acceptors (Lipinski definition) is 5. The summed E-state index contributed by atoms with van der Waals surface area (Å²) in [4.78, 5) is 2.51. The molecule has 3 heterocycles. The fraction of sp³-hybridized carbons (Fsp3) is 0.857. The van der Waals surface area contributed by atoms with Crippen LogP contribution < -0.4 is 5.73 Å². The quantitative estimate of drug-likeness (QED) is 0.878. The normalized spacial score (nSPS) is 31.5. The standard InChI is InChI=1S/C14H25N5O/c1-11(2)12-7-14(9-15,3-6-20-12)19-5-4-18-10-16-17-13(18)8-19/h10-12H,3-9,15H2,1-2H3. The highest BCUT2D eigenvalue weighted by Gasteiger charge is 2.42. The molecule has 0 radical (unpaired) electrons. The van der Waals surface area contributed by atoms with Gasteiger partial charge in [0.1, 0.15) is 12.2 Å². The molecule has 0 amide bonds. The van der Waals surface area contributed by atoms with Crippen molar-refractivity contribution < 1.29 is 4.74 Å². The molecule has 6 nitrogen and oxygen atoms in total. The maximum absolute atomic E-state index is 6.19. The average Bonchev–Trinajstić information content (AvgIpc) is 2.94. The van der Waals surface area contributed by atoms with Crippen LogP contribution in [0.5, 0.6) is 0 Å². The van der Waals surface area contributed by atoms with E-state index in [-0.39, 0.29) is 5.54 Å². The molecule has 0 aliphatic carbocycles. The lowest BCUT2D eigenvalue weighted by Crippen LogP contribution is -2.60. The van der Waals surface area contributed by atoms with E-state index in [0.717, 1.165) is 44.9 Å². The van der Waals surface area contributed by atoms with Crippen molar-refractivity contribution >= 4 is 0 Å². The van der Waals surface area contributed by atoms with Crippen LogP contribution in [0.15, 0.2) is 6.33 Å². The van der Waals surface area contributed by atoms with E-state index in [9.17, 15) is 0 Å². The Hall–Kier alpha value is -0.980. The van der Waals surface area contributed by atoms with Crippen molar-refractivity contribution in [1.29, 1.82) is 0 Å². The van der Waals surface area contributed by atoms with Crippen LogP contribution in [0.3, 0.4) is 0 Å². The average molecular weight is 279 g/mol. The molecule has 2 aliphatic rings. The summed E-state index contributed by atoms with van der Waals surface area (Å²) >= 11 is 0. The van der Waals surface area contributed by atoms with Crippen LogP contribution in [0.25, 0.3) is 0 Å². The number of nitrogens with zero attached hydrogens (tertiary/aromatic N) is 4. The number of nitrogens with two attached hydrogens (primary N) is 1. The van der Waals surface area contributed by atoms with Gasteiger partial charge in [-0.2, -0.15) is 0 Å². The second kappa shape index (κ2) is 5.42. The Morgan fingerprint density at radius 2 is 2.35 bits per heavy atom. The highest BCUT2D eigenvalue weighted by atomic mass is 16.5. The first-order chi connectivity index (χ1) is 9.64. The Balaban J connectivity index is 1.79. The number of fused-ring (bicyclic) bond motifs is 1. The lowest BCUT2D eigenvalue weighted by molar-refractivity contribution is -0.0941. The van der Waals surface area contributed by atoms with Gasteiger partial charge in [-0.1, -0.05) is 13.8 Å². The molecule has 1 aromatic rings. The van der Waals surface area contributed by atoms with E-state index in [1.165, 1.54) is 0 Å². The smallest absolute Gasteiger partial charge is 0.147 e. The molecule has 2 atom stereocenters. The minimum atomic E-state index is 0.0599. The highest BCUT2D eigenvalue weighted by Crippen LogP contribution is 2.34. The third kappa shape index (κ3) is 2.36. The summed E-state index contributed by atoms with van der Waals surface area (Å²) in [5, 5.41) is 8.23. The summed E-state index contributed by atoms with van der Waals surface area (Å²) in [6, 6.07) is 0. The molecule has 0 saturated carbocycles. The number of rotatable bonds is 3. The van der Waals surface area contributed by atoms with E-state index < -0.39 is 0 Å². The molecule has 1 aromatic heterocycles. The first-order valence-corrected chi connectivity index (χ1v) is 7.58. The van der Waals surface area contributed by atoms with Gasteiger partial charge in [-0.15, -0.1) is 10.2 Å². The fourth-order valence-corrected chi connectivity index (χ4v) is 3.44. The van der Waals surface area contributed by atoms with Crippen LogP contribution in [0.1, 0.15) is 32.5 Å². The summed E-state index contributed by atoms with van der Waals surface area (Å²) < 4.78 is 8.07.